The van der Waals surface area contributed by atoms with E-state index in [9.17, 15) is 43.8 Å². The van der Waals surface area contributed by atoms with Crippen molar-refractivity contribution in [3.05, 3.63) is 0 Å². The van der Waals surface area contributed by atoms with E-state index in [0.29, 0.717) is 45.2 Å². The van der Waals surface area contributed by atoms with Crippen molar-refractivity contribution < 1.29 is 43.8 Å². The Hall–Kier alpha value is -3.55. The quantitative estimate of drug-likeness (QED) is 0.110. The maximum Gasteiger partial charge on any atom is 0.326 e. The van der Waals surface area contributed by atoms with Crippen LogP contribution in [0.2, 0.25) is 0 Å². The summed E-state index contributed by atoms with van der Waals surface area (Å²) in [7, 11) is 0. The Morgan fingerprint density at radius 2 is 1.36 bits per heavy atom. The zero-order valence-electron chi connectivity index (χ0n) is 31.2. The zero-order chi connectivity index (χ0) is 38.0. The molecule has 0 aromatic rings. The molecule has 1 heterocycles. The molecule has 1 saturated carbocycles. The van der Waals surface area contributed by atoms with Crippen molar-refractivity contribution in [2.75, 3.05) is 13.1 Å². The second-order valence-corrected chi connectivity index (χ2v) is 16.4. The van der Waals surface area contributed by atoms with Crippen LogP contribution in [0.3, 0.4) is 0 Å². The van der Waals surface area contributed by atoms with Crippen LogP contribution in [0.25, 0.3) is 0 Å². The average Bonchev–Trinajstić information content (AvgIpc) is 3.73. The minimum Gasteiger partial charge on any atom is -0.481 e. The van der Waals surface area contributed by atoms with Crippen LogP contribution in [-0.2, 0) is 33.6 Å². The molecule has 2 rings (SSSR count). The smallest absolute Gasteiger partial charge is 0.326 e. The van der Waals surface area contributed by atoms with E-state index < -0.39 is 82.3 Å². The lowest BCUT2D eigenvalue weighted by Crippen LogP contribution is -2.63. The third kappa shape index (κ3) is 12.1. The first-order valence-electron chi connectivity index (χ1n) is 18.0. The van der Waals surface area contributed by atoms with Crippen LogP contribution in [0.5, 0.6) is 0 Å². The number of nitrogens with one attached hydrogen (secondary N) is 5. The van der Waals surface area contributed by atoms with Gasteiger partial charge < -0.3 is 36.8 Å². The van der Waals surface area contributed by atoms with Gasteiger partial charge in [0.15, 0.2) is 0 Å². The van der Waals surface area contributed by atoms with Gasteiger partial charge in [0.2, 0.25) is 23.6 Å². The topological polar surface area (TPSA) is 220 Å². The Morgan fingerprint density at radius 3 is 1.82 bits per heavy atom. The van der Waals surface area contributed by atoms with Crippen molar-refractivity contribution in [1.29, 1.82) is 0 Å². The standard InChI is InChI=1S/C36H61N5O9/c1-9-22(10-2)38-27(43)17-23(35(6,7)8)29(44)39-24(18-26(42)21-13-16-37-20-21)30(45)41-28(36(33(49)50)14-11-12-15-36)31(46)40-25(32(47)48)19-34(3,4)5/h21-25,28,37H,9-20H2,1-8H3,(H,38,43)(H,39,44)(H,40,46)(H,41,45)(H,47,48)(H,49,50). The molecule has 1 saturated heterocycles. The van der Waals surface area contributed by atoms with Gasteiger partial charge in [0.25, 0.3) is 0 Å². The van der Waals surface area contributed by atoms with Crippen molar-refractivity contribution in [2.45, 2.75) is 144 Å². The van der Waals surface area contributed by atoms with E-state index in [1.807, 2.05) is 13.8 Å². The molecule has 284 valence electrons. The summed E-state index contributed by atoms with van der Waals surface area (Å²) in [6.07, 6.45) is 2.46. The van der Waals surface area contributed by atoms with Crippen LogP contribution in [0.15, 0.2) is 0 Å². The first kappa shape index (κ1) is 42.6. The minimum absolute atomic E-state index is 0.0381. The van der Waals surface area contributed by atoms with Crippen LogP contribution in [0.1, 0.15) is 120 Å². The molecule has 5 atom stereocenters. The van der Waals surface area contributed by atoms with Gasteiger partial charge in [-0.25, -0.2) is 4.79 Å². The van der Waals surface area contributed by atoms with Crippen LogP contribution >= 0.6 is 0 Å². The van der Waals surface area contributed by atoms with Gasteiger partial charge >= 0.3 is 11.9 Å². The van der Waals surface area contributed by atoms with Gasteiger partial charge in [0.1, 0.15) is 23.9 Å². The number of ketones is 1. The van der Waals surface area contributed by atoms with Crippen molar-refractivity contribution >= 4 is 41.4 Å². The van der Waals surface area contributed by atoms with E-state index in [2.05, 4.69) is 26.6 Å². The lowest BCUT2D eigenvalue weighted by atomic mass is 9.77. The van der Waals surface area contributed by atoms with Gasteiger partial charge in [-0.05, 0) is 55.9 Å². The Labute approximate surface area is 296 Å². The van der Waals surface area contributed by atoms with Gasteiger partial charge in [0.05, 0.1) is 11.3 Å². The molecule has 2 aliphatic rings. The molecule has 2 fully saturated rings. The molecule has 0 bridgehead atoms. The Balaban J connectivity index is 2.49. The van der Waals surface area contributed by atoms with Crippen LogP contribution < -0.4 is 26.6 Å². The number of aliphatic carboxylic acids is 2. The first-order valence-corrected chi connectivity index (χ1v) is 18.0. The number of carboxylic acid groups (broad SMARTS) is 2. The molecule has 0 aromatic heterocycles. The van der Waals surface area contributed by atoms with E-state index in [-0.39, 0.29) is 43.4 Å². The van der Waals surface area contributed by atoms with E-state index >= 15 is 0 Å². The number of hydrogen-bond acceptors (Lipinski definition) is 8. The van der Waals surface area contributed by atoms with Gasteiger partial charge in [-0.1, -0.05) is 68.2 Å². The van der Waals surface area contributed by atoms with E-state index in [1.165, 1.54) is 0 Å². The molecule has 4 amide bonds. The summed E-state index contributed by atoms with van der Waals surface area (Å²) in [5, 5.41) is 34.1. The summed E-state index contributed by atoms with van der Waals surface area (Å²) in [4.78, 5) is 93.4. The highest BCUT2D eigenvalue weighted by atomic mass is 16.4. The Morgan fingerprint density at radius 1 is 0.780 bits per heavy atom. The monoisotopic (exact) mass is 707 g/mol. The summed E-state index contributed by atoms with van der Waals surface area (Å²) in [5.74, 6) is -7.10. The normalized spacial score (nSPS) is 19.9. The lowest BCUT2D eigenvalue weighted by molar-refractivity contribution is -0.155. The summed E-state index contributed by atoms with van der Waals surface area (Å²) in [6.45, 7) is 15.7. The van der Waals surface area contributed by atoms with Crippen LogP contribution in [0, 0.1) is 28.1 Å². The fraction of sp³-hybridized carbons (Fsp3) is 0.806. The molecular weight excluding hydrogens is 646 g/mol. The molecule has 14 heteroatoms. The molecule has 1 aliphatic heterocycles. The van der Waals surface area contributed by atoms with Gasteiger partial charge in [-0.15, -0.1) is 0 Å². The number of amides is 4. The highest BCUT2D eigenvalue weighted by molar-refractivity contribution is 5.99. The van der Waals surface area contributed by atoms with Crippen LogP contribution in [-0.4, -0.2) is 88.8 Å². The molecule has 0 radical (unpaired) electrons. The number of Topliss-reactive ketones (excluding diaryl/α,β-unsaturated/α-hetero) is 1. The largest absolute Gasteiger partial charge is 0.481 e. The van der Waals surface area contributed by atoms with Crippen molar-refractivity contribution in [3.8, 4) is 0 Å². The third-order valence-electron chi connectivity index (χ3n) is 10.1. The number of hydrogen-bond donors (Lipinski definition) is 7. The van der Waals surface area contributed by atoms with E-state index in [1.54, 1.807) is 41.5 Å². The number of carboxylic acids is 2. The summed E-state index contributed by atoms with van der Waals surface area (Å²) in [6, 6.07) is -4.61. The highest BCUT2D eigenvalue weighted by Gasteiger charge is 2.53. The fourth-order valence-corrected chi connectivity index (χ4v) is 6.93. The predicted molar refractivity (Wildman–Crippen MR) is 187 cm³/mol. The Bertz CT molecular complexity index is 1240. The molecular formula is C36H61N5O9. The first-order chi connectivity index (χ1) is 23.1. The average molecular weight is 708 g/mol. The van der Waals surface area contributed by atoms with Gasteiger partial charge in [-0.2, -0.15) is 0 Å². The molecule has 14 nitrogen and oxygen atoms in total. The minimum atomic E-state index is -1.74. The molecule has 1 aliphatic carbocycles. The number of carbonyl (C=O) groups excluding carboxylic acids is 5. The highest BCUT2D eigenvalue weighted by Crippen LogP contribution is 2.42. The summed E-state index contributed by atoms with van der Waals surface area (Å²) in [5.41, 5.74) is -2.97. The number of carbonyl (C=O) groups is 7. The van der Waals surface area contributed by atoms with Crippen molar-refractivity contribution in [2.24, 2.45) is 28.1 Å². The SMILES string of the molecule is CCC(CC)NC(=O)CC(C(=O)NC(CC(=O)C1CCNC1)C(=O)NC(C(=O)NC(CC(C)(C)C)C(=O)O)C1(C(=O)O)CCCC1)C(C)(C)C. The summed E-state index contributed by atoms with van der Waals surface area (Å²) < 4.78 is 0. The van der Waals surface area contributed by atoms with Gasteiger partial charge in [-0.3, -0.25) is 28.8 Å². The Kier molecular flexibility index (Phi) is 15.4. The van der Waals surface area contributed by atoms with Crippen molar-refractivity contribution in [3.63, 3.8) is 0 Å². The van der Waals surface area contributed by atoms with Gasteiger partial charge in [0, 0.05) is 31.3 Å². The molecule has 7 N–H and O–H groups in total. The fourth-order valence-electron chi connectivity index (χ4n) is 6.93. The molecule has 50 heavy (non-hydrogen) atoms. The van der Waals surface area contributed by atoms with E-state index in [4.69, 9.17) is 0 Å². The molecule has 0 spiro atoms. The zero-order valence-corrected chi connectivity index (χ0v) is 31.2. The predicted octanol–water partition coefficient (Wildman–Crippen LogP) is 2.53. The lowest BCUT2D eigenvalue weighted by Gasteiger charge is -2.36. The third-order valence-corrected chi connectivity index (χ3v) is 10.1. The number of rotatable bonds is 18. The van der Waals surface area contributed by atoms with Crippen LogP contribution in [0.4, 0.5) is 0 Å². The molecule has 0 aromatic carbocycles. The molecule has 5 unspecified atom stereocenters. The maximum atomic E-state index is 14.2. The second kappa shape index (κ2) is 18.1. The second-order valence-electron chi connectivity index (χ2n) is 16.4. The van der Waals surface area contributed by atoms with E-state index in [0.717, 1.165) is 0 Å². The summed E-state index contributed by atoms with van der Waals surface area (Å²) >= 11 is 0. The van der Waals surface area contributed by atoms with Crippen molar-refractivity contribution in [1.82, 2.24) is 26.6 Å². The maximum absolute atomic E-state index is 14.2.